The normalized spacial score (nSPS) is 12.0. The van der Waals surface area contributed by atoms with Crippen molar-refractivity contribution in [2.75, 3.05) is 46.1 Å². The van der Waals surface area contributed by atoms with Gasteiger partial charge in [-0.2, -0.15) is 0 Å². The quantitative estimate of drug-likeness (QED) is 0.0310. The minimum absolute atomic E-state index is 0.0541. The monoisotopic (exact) mass is 843 g/mol. The van der Waals surface area contributed by atoms with Crippen LogP contribution in [-0.2, 0) is 42.9 Å². The summed E-state index contributed by atoms with van der Waals surface area (Å²) in [5, 5.41) is 19.5. The zero-order valence-electron chi connectivity index (χ0n) is 37.6. The molecule has 5 N–H and O–H groups in total. The highest BCUT2D eigenvalue weighted by atomic mass is 16.6. The summed E-state index contributed by atoms with van der Waals surface area (Å²) in [5.74, 6) is -2.14. The number of aliphatic carboxylic acids is 1. The molecular formula is C44H82N4O11. The summed E-state index contributed by atoms with van der Waals surface area (Å²) in [4.78, 5) is 72.1. The topological polar surface area (TPSA) is 208 Å². The summed E-state index contributed by atoms with van der Waals surface area (Å²) in [6.45, 7) is 12.4. The molecule has 0 fully saturated rings. The number of unbranched alkanes of at least 4 members (excludes halogenated alkanes) is 16. The number of rotatable bonds is 37. The predicted molar refractivity (Wildman–Crippen MR) is 229 cm³/mol. The highest BCUT2D eigenvalue weighted by molar-refractivity contribution is 5.85. The fourth-order valence-corrected chi connectivity index (χ4v) is 6.03. The molecule has 0 aromatic heterocycles. The van der Waals surface area contributed by atoms with Gasteiger partial charge in [-0.05, 0) is 73.6 Å². The zero-order chi connectivity index (χ0) is 44.2. The molecule has 344 valence electrons. The number of hydrogen-bond donors (Lipinski definition) is 5. The summed E-state index contributed by atoms with van der Waals surface area (Å²) >= 11 is 0. The molecule has 0 aliphatic carbocycles. The number of urea groups is 1. The van der Waals surface area contributed by atoms with E-state index >= 15 is 0 Å². The van der Waals surface area contributed by atoms with Gasteiger partial charge in [-0.25, -0.2) is 14.4 Å². The maximum Gasteiger partial charge on any atom is 0.329 e. The van der Waals surface area contributed by atoms with Crippen molar-refractivity contribution >= 4 is 35.8 Å². The molecule has 0 rings (SSSR count). The van der Waals surface area contributed by atoms with Crippen molar-refractivity contribution in [1.82, 2.24) is 21.3 Å². The second kappa shape index (κ2) is 35.3. The van der Waals surface area contributed by atoms with Crippen LogP contribution in [0.5, 0.6) is 0 Å². The SMILES string of the molecule is CC(C)(C)OC(=O)CCCCCCCCCCCCCCCCCCC(=O)NC(CCC(=O)NCCCCNC(=O)NCCOCCOCC(=O)O)C(=O)OC(C)(C)C. The Morgan fingerprint density at radius 2 is 0.949 bits per heavy atom. The lowest BCUT2D eigenvalue weighted by atomic mass is 10.0. The Morgan fingerprint density at radius 1 is 0.492 bits per heavy atom. The van der Waals surface area contributed by atoms with Crippen molar-refractivity contribution < 1.29 is 52.8 Å². The molecule has 4 amide bonds. The first kappa shape index (κ1) is 55.5. The van der Waals surface area contributed by atoms with Gasteiger partial charge in [0, 0.05) is 38.9 Å². The molecule has 0 aliphatic rings. The Balaban J connectivity index is 3.99. The number of carboxylic acid groups (broad SMARTS) is 1. The van der Waals surface area contributed by atoms with Gasteiger partial charge in [0.25, 0.3) is 0 Å². The Bertz CT molecular complexity index is 1150. The number of amides is 4. The van der Waals surface area contributed by atoms with Gasteiger partial charge in [0.2, 0.25) is 11.8 Å². The lowest BCUT2D eigenvalue weighted by Crippen LogP contribution is -2.44. The van der Waals surface area contributed by atoms with Crippen LogP contribution in [0, 0.1) is 0 Å². The standard InChI is InChI=1S/C44H82N4O11/c1-43(2,3)58-40(53)26-22-20-18-16-14-12-10-8-7-9-11-13-15-17-19-21-25-38(50)48-36(41(54)59-44(4,5)6)27-28-37(49)45-29-23-24-30-46-42(55)47-31-32-56-33-34-57-35-39(51)52/h36H,7-35H2,1-6H3,(H,45,49)(H,48,50)(H,51,52)(H2,46,47,55). The van der Waals surface area contributed by atoms with Crippen molar-refractivity contribution in [2.24, 2.45) is 0 Å². The molecular weight excluding hydrogens is 761 g/mol. The first-order chi connectivity index (χ1) is 28.0. The summed E-state index contributed by atoms with van der Waals surface area (Å²) < 4.78 is 21.0. The zero-order valence-corrected chi connectivity index (χ0v) is 37.6. The van der Waals surface area contributed by atoms with E-state index in [0.29, 0.717) is 45.3 Å². The Kier molecular flexibility index (Phi) is 33.2. The van der Waals surface area contributed by atoms with Gasteiger partial charge in [-0.1, -0.05) is 89.9 Å². The van der Waals surface area contributed by atoms with E-state index in [-0.39, 0.29) is 63.1 Å². The van der Waals surface area contributed by atoms with Crippen molar-refractivity contribution in [2.45, 2.75) is 200 Å². The van der Waals surface area contributed by atoms with Crippen LogP contribution >= 0.6 is 0 Å². The first-order valence-electron chi connectivity index (χ1n) is 22.4. The minimum atomic E-state index is -1.04. The highest BCUT2D eigenvalue weighted by Gasteiger charge is 2.27. The van der Waals surface area contributed by atoms with E-state index in [9.17, 15) is 28.8 Å². The minimum Gasteiger partial charge on any atom is -0.480 e. The maximum atomic E-state index is 12.9. The van der Waals surface area contributed by atoms with Gasteiger partial charge in [-0.15, -0.1) is 0 Å². The molecule has 0 saturated carbocycles. The van der Waals surface area contributed by atoms with Crippen molar-refractivity contribution in [1.29, 1.82) is 0 Å². The van der Waals surface area contributed by atoms with Crippen molar-refractivity contribution in [3.05, 3.63) is 0 Å². The van der Waals surface area contributed by atoms with Crippen LogP contribution < -0.4 is 21.3 Å². The number of carbonyl (C=O) groups is 6. The summed E-state index contributed by atoms with van der Waals surface area (Å²) in [6.07, 6.45) is 20.9. The second-order valence-corrected chi connectivity index (χ2v) is 17.2. The summed E-state index contributed by atoms with van der Waals surface area (Å²) in [6, 6.07) is -1.25. The van der Waals surface area contributed by atoms with Gasteiger partial charge in [0.1, 0.15) is 23.9 Å². The molecule has 15 nitrogen and oxygen atoms in total. The number of nitrogens with one attached hydrogen (secondary N) is 4. The summed E-state index contributed by atoms with van der Waals surface area (Å²) in [5.41, 5.74) is -1.13. The van der Waals surface area contributed by atoms with Gasteiger partial charge in [0.15, 0.2) is 0 Å². The smallest absolute Gasteiger partial charge is 0.329 e. The van der Waals surface area contributed by atoms with Crippen LogP contribution in [0.1, 0.15) is 183 Å². The molecule has 0 radical (unpaired) electrons. The second-order valence-electron chi connectivity index (χ2n) is 17.2. The number of hydrogen-bond acceptors (Lipinski definition) is 10. The molecule has 15 heteroatoms. The molecule has 59 heavy (non-hydrogen) atoms. The largest absolute Gasteiger partial charge is 0.480 e. The third-order valence-electron chi connectivity index (χ3n) is 8.98. The van der Waals surface area contributed by atoms with E-state index in [2.05, 4.69) is 21.3 Å². The van der Waals surface area contributed by atoms with E-state index in [4.69, 9.17) is 24.1 Å². The Morgan fingerprint density at radius 3 is 1.46 bits per heavy atom. The first-order valence-corrected chi connectivity index (χ1v) is 22.4. The number of ether oxygens (including phenoxy) is 4. The lowest BCUT2D eigenvalue weighted by Gasteiger charge is -2.24. The van der Waals surface area contributed by atoms with Crippen LogP contribution in [0.2, 0.25) is 0 Å². The Labute approximate surface area is 355 Å². The van der Waals surface area contributed by atoms with Crippen LogP contribution in [0.15, 0.2) is 0 Å². The molecule has 0 saturated heterocycles. The van der Waals surface area contributed by atoms with E-state index in [1.807, 2.05) is 20.8 Å². The number of carbonyl (C=O) groups excluding carboxylic acids is 5. The fraction of sp³-hybridized carbons (Fsp3) is 0.864. The summed E-state index contributed by atoms with van der Waals surface area (Å²) in [7, 11) is 0. The fourth-order valence-electron chi connectivity index (χ4n) is 6.03. The molecule has 1 atom stereocenters. The van der Waals surface area contributed by atoms with E-state index in [1.165, 1.54) is 64.2 Å². The van der Waals surface area contributed by atoms with E-state index in [1.54, 1.807) is 20.8 Å². The highest BCUT2D eigenvalue weighted by Crippen LogP contribution is 2.16. The predicted octanol–water partition coefficient (Wildman–Crippen LogP) is 7.27. The number of esters is 2. The molecule has 1 unspecified atom stereocenters. The molecule has 0 aromatic carbocycles. The maximum absolute atomic E-state index is 12.9. The third-order valence-corrected chi connectivity index (χ3v) is 8.98. The molecule has 0 spiro atoms. The van der Waals surface area contributed by atoms with Crippen molar-refractivity contribution in [3.63, 3.8) is 0 Å². The van der Waals surface area contributed by atoms with Crippen LogP contribution in [0.25, 0.3) is 0 Å². The van der Waals surface area contributed by atoms with Gasteiger partial charge in [-0.3, -0.25) is 14.4 Å². The van der Waals surface area contributed by atoms with Gasteiger partial charge >= 0.3 is 23.9 Å². The molecule has 0 aromatic rings. The van der Waals surface area contributed by atoms with Crippen LogP contribution in [0.3, 0.4) is 0 Å². The Hall–Kier alpha value is -3.46. The average Bonchev–Trinajstić information content (AvgIpc) is 3.13. The molecule has 0 bridgehead atoms. The van der Waals surface area contributed by atoms with Gasteiger partial charge in [0.05, 0.1) is 19.8 Å². The van der Waals surface area contributed by atoms with Crippen LogP contribution in [0.4, 0.5) is 4.79 Å². The van der Waals surface area contributed by atoms with Crippen molar-refractivity contribution in [3.8, 4) is 0 Å². The van der Waals surface area contributed by atoms with E-state index in [0.717, 1.165) is 38.5 Å². The third kappa shape index (κ3) is 41.1. The van der Waals surface area contributed by atoms with Crippen LogP contribution in [-0.4, -0.2) is 104 Å². The average molecular weight is 843 g/mol. The lowest BCUT2D eigenvalue weighted by molar-refractivity contribution is -0.159. The molecule has 0 heterocycles. The van der Waals surface area contributed by atoms with E-state index < -0.39 is 29.2 Å². The molecule has 0 aliphatic heterocycles. The number of carboxylic acids is 1. The van der Waals surface area contributed by atoms with Gasteiger partial charge < -0.3 is 45.3 Å².